The van der Waals surface area contributed by atoms with E-state index < -0.39 is 5.60 Å². The van der Waals surface area contributed by atoms with Crippen LogP contribution < -0.4 is 5.32 Å². The first-order valence-electron chi connectivity index (χ1n) is 9.56. The van der Waals surface area contributed by atoms with Crippen LogP contribution in [-0.4, -0.2) is 77.3 Å². The van der Waals surface area contributed by atoms with Gasteiger partial charge >= 0.3 is 6.09 Å². The highest BCUT2D eigenvalue weighted by atomic mass is 35.5. The number of aromatic nitrogens is 2. The number of halogens is 1. The molecule has 1 N–H and O–H groups in total. The molecule has 0 aromatic carbocycles. The second-order valence-electron chi connectivity index (χ2n) is 10.1. The van der Waals surface area contributed by atoms with Crippen LogP contribution in [0, 0.1) is 11.8 Å². The zero-order chi connectivity index (χ0) is 20.2. The Morgan fingerprint density at radius 1 is 1.19 bits per heavy atom. The Labute approximate surface area is 170 Å². The van der Waals surface area contributed by atoms with Crippen LogP contribution in [0.4, 0.5) is 10.6 Å². The number of anilines is 1. The highest BCUT2D eigenvalue weighted by Crippen LogP contribution is 2.62. The van der Waals surface area contributed by atoms with Crippen molar-refractivity contribution in [2.24, 2.45) is 11.8 Å². The van der Waals surface area contributed by atoms with Crippen LogP contribution in [0.5, 0.6) is 0 Å². The minimum atomic E-state index is -0.475. The molecule has 3 atom stereocenters. The molecule has 0 spiro atoms. The third kappa shape index (κ3) is 3.82. The molecule has 0 bridgehead atoms. The first-order chi connectivity index (χ1) is 12.3. The van der Waals surface area contributed by atoms with Gasteiger partial charge < -0.3 is 15.0 Å². The van der Waals surface area contributed by atoms with Crippen LogP contribution >= 0.6 is 11.6 Å². The topological polar surface area (TPSA) is 67.4 Å². The Bertz CT molecular complexity index is 702. The third-order valence-electron chi connectivity index (χ3n) is 6.30. The minimum absolute atomic E-state index is 0.0216. The predicted molar refractivity (Wildman–Crippen MR) is 119 cm³/mol. The summed E-state index contributed by atoms with van der Waals surface area (Å²) in [4.78, 5) is 14.5. The van der Waals surface area contributed by atoms with E-state index in [1.807, 2.05) is 31.7 Å². The lowest BCUT2D eigenvalue weighted by Crippen LogP contribution is -2.46. The molecule has 11 heteroatoms. The fraction of sp³-hybridized carbons (Fsp3) is 0.688. The fourth-order valence-corrected chi connectivity index (χ4v) is 5.19. The van der Waals surface area contributed by atoms with Gasteiger partial charge in [-0.05, 0) is 44.7 Å². The number of hydrogen-bond donors (Lipinski definition) is 1. The van der Waals surface area contributed by atoms with E-state index in [0.29, 0.717) is 17.0 Å². The molecule has 2 heterocycles. The summed E-state index contributed by atoms with van der Waals surface area (Å²) in [6, 6.07) is 3.82. The first kappa shape index (κ1) is 20.4. The monoisotopic (exact) mass is 386 g/mol. The second-order valence-corrected chi connectivity index (χ2v) is 10.4. The maximum Gasteiger partial charge on any atom is 0.410 e. The summed E-state index contributed by atoms with van der Waals surface area (Å²) in [5, 5.41) is 12.0. The number of carbonyl (C=O) groups excluding carboxylic acids is 1. The molecule has 3 rings (SSSR count). The van der Waals surface area contributed by atoms with E-state index >= 15 is 0 Å². The highest BCUT2D eigenvalue weighted by molar-refractivity contribution is 6.47. The zero-order valence-electron chi connectivity index (χ0n) is 17.3. The van der Waals surface area contributed by atoms with Crippen LogP contribution in [-0.2, 0) is 4.74 Å². The summed E-state index contributed by atoms with van der Waals surface area (Å²) in [6.45, 7) is 7.16. The van der Waals surface area contributed by atoms with Gasteiger partial charge in [-0.15, -0.1) is 10.2 Å². The van der Waals surface area contributed by atoms with E-state index in [0.717, 1.165) is 18.9 Å². The number of rotatable bonds is 2. The predicted octanol–water partition coefficient (Wildman–Crippen LogP) is -0.828. The van der Waals surface area contributed by atoms with Gasteiger partial charge in [0.2, 0.25) is 0 Å². The quantitative estimate of drug-likeness (QED) is 0.673. The molecule has 1 aromatic rings. The Morgan fingerprint density at radius 2 is 1.74 bits per heavy atom. The molecule has 142 valence electrons. The molecule has 27 heavy (non-hydrogen) atoms. The third-order valence-corrected chi connectivity index (χ3v) is 6.50. The number of carbonyl (C=O) groups is 1. The maximum absolute atomic E-state index is 12.6. The Hall–Kier alpha value is -1.30. The number of ether oxygens (including phenoxy) is 1. The van der Waals surface area contributed by atoms with Crippen molar-refractivity contribution in [1.29, 1.82) is 0 Å². The number of hydrogen-bond acceptors (Lipinski definition) is 5. The van der Waals surface area contributed by atoms with Crippen molar-refractivity contribution in [2.45, 2.75) is 42.8 Å². The van der Waals surface area contributed by atoms with Crippen LogP contribution in [0.15, 0.2) is 12.1 Å². The second kappa shape index (κ2) is 6.64. The van der Waals surface area contributed by atoms with E-state index in [9.17, 15) is 4.79 Å². The number of fused-ring (bicyclic) bond motifs is 1. The molecule has 1 saturated carbocycles. The largest absolute Gasteiger partial charge is 0.444 e. The van der Waals surface area contributed by atoms with Gasteiger partial charge in [0.05, 0.1) is 0 Å². The number of amides is 1. The van der Waals surface area contributed by atoms with Gasteiger partial charge in [0.15, 0.2) is 5.15 Å². The van der Waals surface area contributed by atoms with E-state index in [1.165, 1.54) is 0 Å². The average Bonchev–Trinajstić information content (AvgIpc) is 3.03. The van der Waals surface area contributed by atoms with E-state index in [1.54, 1.807) is 6.07 Å². The summed E-state index contributed by atoms with van der Waals surface area (Å²) in [5.74, 6) is 1.50. The molecular weight excluding hydrogens is 359 g/mol. The molecule has 1 amide bonds. The van der Waals surface area contributed by atoms with Gasteiger partial charge in [-0.2, -0.15) is 0 Å². The SMILES string of the molecule is BC1(B)[C@H](Nc2ccc(Cl)nn2)C(B)(B)[C@H]2CN(C(=O)OC(C)(C)C)C[C@H]21. The normalized spacial score (nSPS) is 28.6. The van der Waals surface area contributed by atoms with Crippen molar-refractivity contribution < 1.29 is 9.53 Å². The van der Waals surface area contributed by atoms with Crippen LogP contribution in [0.25, 0.3) is 0 Å². The summed E-state index contributed by atoms with van der Waals surface area (Å²) in [6.07, 6.45) is -0.212. The van der Waals surface area contributed by atoms with Gasteiger partial charge in [0.25, 0.3) is 0 Å². The molecule has 2 fully saturated rings. The standard InChI is InChI=1S/C16H27B4ClN4O2/c1-14(2,3)27-13(26)25-6-8-9(7-25)16(19,20)12(15(8,17)18)22-11-5-4-10(21)23-24-11/h4-5,8-9,12H,6-7,17-20H2,1-3H3,(H,22,24)/t8-,9+,12+. The Balaban J connectivity index is 1.79. The average molecular weight is 386 g/mol. The molecule has 1 aromatic heterocycles. The van der Waals surface area contributed by atoms with Crippen molar-refractivity contribution in [3.63, 3.8) is 0 Å². The Kier molecular flexibility index (Phi) is 5.03. The van der Waals surface area contributed by atoms with Gasteiger partial charge in [0.1, 0.15) is 42.8 Å². The van der Waals surface area contributed by atoms with E-state index in [2.05, 4.69) is 46.9 Å². The summed E-state index contributed by atoms with van der Waals surface area (Å²) in [7, 11) is 9.11. The first-order valence-corrected chi connectivity index (χ1v) is 9.94. The molecular formula is C16H27B4ClN4O2. The van der Waals surface area contributed by atoms with Gasteiger partial charge in [-0.25, -0.2) is 4.79 Å². The summed E-state index contributed by atoms with van der Waals surface area (Å²) < 4.78 is 5.60. The summed E-state index contributed by atoms with van der Waals surface area (Å²) >= 11 is 5.86. The van der Waals surface area contributed by atoms with Gasteiger partial charge in [-0.1, -0.05) is 22.0 Å². The van der Waals surface area contributed by atoms with Crippen LogP contribution in [0.1, 0.15) is 20.8 Å². The van der Waals surface area contributed by atoms with Crippen molar-refractivity contribution in [3.8, 4) is 0 Å². The van der Waals surface area contributed by atoms with Crippen LogP contribution in [0.3, 0.4) is 0 Å². The lowest BCUT2D eigenvalue weighted by Gasteiger charge is -2.40. The molecule has 1 aliphatic heterocycles. The van der Waals surface area contributed by atoms with E-state index in [-0.39, 0.29) is 22.6 Å². The molecule has 6 nitrogen and oxygen atoms in total. The molecule has 0 radical (unpaired) electrons. The fourth-order valence-electron chi connectivity index (χ4n) is 5.09. The highest BCUT2D eigenvalue weighted by Gasteiger charge is 2.62. The van der Waals surface area contributed by atoms with Crippen molar-refractivity contribution >= 4 is 54.9 Å². The van der Waals surface area contributed by atoms with Crippen molar-refractivity contribution in [1.82, 2.24) is 15.1 Å². The van der Waals surface area contributed by atoms with Crippen molar-refractivity contribution in [2.75, 3.05) is 18.4 Å². The van der Waals surface area contributed by atoms with Gasteiger partial charge in [0, 0.05) is 19.1 Å². The minimum Gasteiger partial charge on any atom is -0.444 e. The van der Waals surface area contributed by atoms with E-state index in [4.69, 9.17) is 16.3 Å². The van der Waals surface area contributed by atoms with Gasteiger partial charge in [-0.3, -0.25) is 0 Å². The van der Waals surface area contributed by atoms with Crippen LogP contribution in [0.2, 0.25) is 15.6 Å². The lowest BCUT2D eigenvalue weighted by molar-refractivity contribution is 0.0278. The Morgan fingerprint density at radius 3 is 2.19 bits per heavy atom. The summed E-state index contributed by atoms with van der Waals surface area (Å²) in [5.41, 5.74) is -0.475. The lowest BCUT2D eigenvalue weighted by atomic mass is 9.41. The zero-order valence-corrected chi connectivity index (χ0v) is 18.1. The molecule has 1 saturated heterocycles. The van der Waals surface area contributed by atoms with Crippen molar-refractivity contribution in [3.05, 3.63) is 17.3 Å². The number of likely N-dealkylation sites (tertiary alicyclic amines) is 1. The number of nitrogens with one attached hydrogen (secondary N) is 1. The molecule has 1 aliphatic carbocycles. The smallest absolute Gasteiger partial charge is 0.410 e. The number of nitrogens with zero attached hydrogens (tertiary/aromatic N) is 3. The maximum atomic E-state index is 12.6. The molecule has 2 aliphatic rings. The molecule has 0 unspecified atom stereocenters.